The van der Waals surface area contributed by atoms with Crippen molar-refractivity contribution < 1.29 is 59.2 Å². The Bertz CT molecular complexity index is 911. The number of amides is 2. The van der Waals surface area contributed by atoms with Gasteiger partial charge in [-0.1, -0.05) is 52.0 Å². The number of allylic oxidation sites excluding steroid dienone is 2. The average Bonchev–Trinajstić information content (AvgIpc) is 3.10. The molecule has 10 atom stereocenters. The molecule has 2 amide bonds. The molecule has 14 heteroatoms. The van der Waals surface area contributed by atoms with E-state index in [0.717, 1.165) is 14.2 Å². The molecular weight excluding hydrogens is 556 g/mol. The predicted octanol–water partition coefficient (Wildman–Crippen LogP) is -2.09. The van der Waals surface area contributed by atoms with Crippen LogP contribution in [-0.2, 0) is 28.6 Å². The van der Waals surface area contributed by atoms with Gasteiger partial charge in [0, 0.05) is 14.2 Å². The normalized spacial score (nSPS) is 24.0. The summed E-state index contributed by atoms with van der Waals surface area (Å²) in [7, 11) is 2.24. The Morgan fingerprint density at radius 2 is 1.26 bits per heavy atom. The number of carbonyl (C=O) groups excluding carboxylic acids is 3. The lowest BCUT2D eigenvalue weighted by Crippen LogP contribution is -2.55. The van der Waals surface area contributed by atoms with Gasteiger partial charge in [-0.25, -0.2) is 4.79 Å². The standard InChI is InChI=1S/C28H48N2O12/c1-14(2)7-11-18(31)20(33)22(35)24(40-5)27(38)30-17-10-9-16(13-29-26(17)37)42-28(39)25(41-6)23(36)21(34)19(32)12-8-15(3)4/h7-8,11-12,14-25,31-36H,9-10,13H2,1-6H3,(H,29,37)(H,30,38). The van der Waals surface area contributed by atoms with Crippen molar-refractivity contribution in [1.29, 1.82) is 0 Å². The van der Waals surface area contributed by atoms with E-state index < -0.39 is 78.8 Å². The molecule has 1 fully saturated rings. The molecule has 1 aliphatic rings. The molecule has 242 valence electrons. The van der Waals surface area contributed by atoms with E-state index in [4.69, 9.17) is 14.2 Å². The molecule has 0 aromatic heterocycles. The van der Waals surface area contributed by atoms with Crippen molar-refractivity contribution in [3.05, 3.63) is 24.3 Å². The van der Waals surface area contributed by atoms with Crippen LogP contribution in [0.2, 0.25) is 0 Å². The van der Waals surface area contributed by atoms with Gasteiger partial charge in [0.15, 0.2) is 12.2 Å². The minimum Gasteiger partial charge on any atom is -0.458 e. The lowest BCUT2D eigenvalue weighted by molar-refractivity contribution is -0.176. The van der Waals surface area contributed by atoms with Crippen molar-refractivity contribution in [1.82, 2.24) is 10.6 Å². The number of esters is 1. The van der Waals surface area contributed by atoms with Crippen LogP contribution in [0.3, 0.4) is 0 Å². The molecule has 0 aromatic rings. The maximum Gasteiger partial charge on any atom is 0.338 e. The van der Waals surface area contributed by atoms with Crippen LogP contribution in [0.5, 0.6) is 0 Å². The maximum atomic E-state index is 12.8. The lowest BCUT2D eigenvalue weighted by atomic mass is 10.00. The van der Waals surface area contributed by atoms with E-state index in [1.165, 1.54) is 12.2 Å². The molecule has 0 bridgehead atoms. The fourth-order valence-corrected chi connectivity index (χ4v) is 4.09. The molecule has 0 aromatic carbocycles. The van der Waals surface area contributed by atoms with Crippen LogP contribution in [0.15, 0.2) is 24.3 Å². The van der Waals surface area contributed by atoms with Crippen LogP contribution in [0.25, 0.3) is 0 Å². The Balaban J connectivity index is 2.81. The Kier molecular flexibility index (Phi) is 16.4. The van der Waals surface area contributed by atoms with Gasteiger partial charge in [0.25, 0.3) is 5.91 Å². The monoisotopic (exact) mass is 604 g/mol. The van der Waals surface area contributed by atoms with Gasteiger partial charge >= 0.3 is 5.97 Å². The second-order valence-electron chi connectivity index (χ2n) is 11.0. The third kappa shape index (κ3) is 11.7. The van der Waals surface area contributed by atoms with Crippen LogP contribution in [0.4, 0.5) is 0 Å². The van der Waals surface area contributed by atoms with Gasteiger partial charge in [-0.3, -0.25) is 9.59 Å². The minimum atomic E-state index is -1.83. The molecule has 42 heavy (non-hydrogen) atoms. The number of ether oxygens (including phenoxy) is 3. The predicted molar refractivity (Wildman–Crippen MR) is 150 cm³/mol. The van der Waals surface area contributed by atoms with Crippen LogP contribution < -0.4 is 10.6 Å². The van der Waals surface area contributed by atoms with Crippen molar-refractivity contribution >= 4 is 17.8 Å². The first-order chi connectivity index (χ1) is 19.6. The van der Waals surface area contributed by atoms with Gasteiger partial charge in [0.2, 0.25) is 5.91 Å². The second kappa shape index (κ2) is 18.3. The average molecular weight is 605 g/mol. The fraction of sp³-hybridized carbons (Fsp3) is 0.750. The summed E-state index contributed by atoms with van der Waals surface area (Å²) in [4.78, 5) is 38.2. The molecule has 1 rings (SSSR count). The zero-order chi connectivity index (χ0) is 32.1. The molecule has 0 aliphatic carbocycles. The number of hydrogen-bond acceptors (Lipinski definition) is 12. The lowest BCUT2D eigenvalue weighted by Gasteiger charge is -2.28. The van der Waals surface area contributed by atoms with Crippen LogP contribution in [-0.4, -0.2) is 130 Å². The smallest absolute Gasteiger partial charge is 0.338 e. The van der Waals surface area contributed by atoms with E-state index in [1.807, 2.05) is 27.7 Å². The molecule has 0 radical (unpaired) electrons. The third-order valence-corrected chi connectivity index (χ3v) is 6.60. The number of aliphatic hydroxyl groups is 6. The molecule has 10 unspecified atom stereocenters. The SMILES string of the molecule is COC(C(=O)NC1CCC(OC(=O)C(OC)C(O)C(O)C(O)C=CC(C)C)CNC1=O)C(O)C(O)C(O)C=CC(C)C. The second-order valence-corrected chi connectivity index (χ2v) is 11.0. The van der Waals surface area contributed by atoms with Crippen LogP contribution in [0.1, 0.15) is 40.5 Å². The minimum absolute atomic E-state index is 0.00585. The first-order valence-corrected chi connectivity index (χ1v) is 13.9. The maximum absolute atomic E-state index is 12.8. The highest BCUT2D eigenvalue weighted by Crippen LogP contribution is 2.17. The van der Waals surface area contributed by atoms with E-state index in [-0.39, 0.29) is 31.2 Å². The van der Waals surface area contributed by atoms with Crippen molar-refractivity contribution in [2.24, 2.45) is 11.8 Å². The summed E-state index contributed by atoms with van der Waals surface area (Å²) in [6.45, 7) is 7.28. The molecule has 1 heterocycles. The first-order valence-electron chi connectivity index (χ1n) is 13.9. The van der Waals surface area contributed by atoms with Gasteiger partial charge in [-0.05, 0) is 24.7 Å². The van der Waals surface area contributed by atoms with Gasteiger partial charge in [-0.15, -0.1) is 0 Å². The Morgan fingerprint density at radius 1 is 0.786 bits per heavy atom. The fourth-order valence-electron chi connectivity index (χ4n) is 4.09. The number of carbonyl (C=O) groups is 3. The quantitative estimate of drug-likeness (QED) is 0.0702. The largest absolute Gasteiger partial charge is 0.458 e. The number of rotatable bonds is 16. The van der Waals surface area contributed by atoms with Crippen molar-refractivity contribution in [2.45, 2.75) is 102 Å². The summed E-state index contributed by atoms with van der Waals surface area (Å²) < 4.78 is 15.4. The zero-order valence-corrected chi connectivity index (χ0v) is 25.0. The zero-order valence-electron chi connectivity index (χ0n) is 25.0. The van der Waals surface area contributed by atoms with E-state index >= 15 is 0 Å². The third-order valence-electron chi connectivity index (χ3n) is 6.60. The first kappa shape index (κ1) is 37.6. The Labute approximate surface area is 246 Å². The highest BCUT2D eigenvalue weighted by Gasteiger charge is 2.39. The topological polar surface area (TPSA) is 224 Å². The molecule has 1 saturated heterocycles. The molecule has 8 N–H and O–H groups in total. The summed E-state index contributed by atoms with van der Waals surface area (Å²) in [6.07, 6.45) is -8.31. The molecule has 14 nitrogen and oxygen atoms in total. The number of aliphatic hydroxyl groups excluding tert-OH is 6. The van der Waals surface area contributed by atoms with Crippen LogP contribution in [0, 0.1) is 11.8 Å². The Morgan fingerprint density at radius 3 is 1.71 bits per heavy atom. The molecule has 0 saturated carbocycles. The number of methoxy groups -OCH3 is 2. The highest BCUT2D eigenvalue weighted by molar-refractivity contribution is 5.90. The molecule has 1 aliphatic heterocycles. The van der Waals surface area contributed by atoms with E-state index in [9.17, 15) is 45.0 Å². The Hall–Kier alpha value is -2.43. The molecular formula is C28H48N2O12. The van der Waals surface area contributed by atoms with E-state index in [1.54, 1.807) is 12.2 Å². The molecule has 0 spiro atoms. The van der Waals surface area contributed by atoms with Gasteiger partial charge in [0.1, 0.15) is 48.8 Å². The number of hydrogen-bond donors (Lipinski definition) is 8. The van der Waals surface area contributed by atoms with Gasteiger partial charge < -0.3 is 55.5 Å². The van der Waals surface area contributed by atoms with Gasteiger partial charge in [0.05, 0.1) is 6.54 Å². The van der Waals surface area contributed by atoms with E-state index in [2.05, 4.69) is 10.6 Å². The summed E-state index contributed by atoms with van der Waals surface area (Å²) in [5, 5.41) is 66.7. The summed E-state index contributed by atoms with van der Waals surface area (Å²) in [5.41, 5.74) is 0. The highest BCUT2D eigenvalue weighted by atomic mass is 16.6. The van der Waals surface area contributed by atoms with Crippen molar-refractivity contribution in [2.75, 3.05) is 20.8 Å². The van der Waals surface area contributed by atoms with Gasteiger partial charge in [-0.2, -0.15) is 0 Å². The van der Waals surface area contributed by atoms with Crippen LogP contribution >= 0.6 is 0 Å². The van der Waals surface area contributed by atoms with E-state index in [0.29, 0.717) is 0 Å². The van der Waals surface area contributed by atoms with Crippen molar-refractivity contribution in [3.8, 4) is 0 Å². The van der Waals surface area contributed by atoms with Crippen molar-refractivity contribution in [3.63, 3.8) is 0 Å². The summed E-state index contributed by atoms with van der Waals surface area (Å²) in [5.74, 6) is -2.41. The number of nitrogens with one attached hydrogen (secondary N) is 2. The summed E-state index contributed by atoms with van der Waals surface area (Å²) in [6, 6.07) is -1.11. The summed E-state index contributed by atoms with van der Waals surface area (Å²) >= 11 is 0.